The van der Waals surface area contributed by atoms with Crippen LogP contribution < -0.4 is 15.0 Å². The average Bonchev–Trinajstić information content (AvgIpc) is 3.50. The van der Waals surface area contributed by atoms with Gasteiger partial charge >= 0.3 is 12.1 Å². The van der Waals surface area contributed by atoms with E-state index in [2.05, 4.69) is 27.2 Å². The fourth-order valence-corrected chi connectivity index (χ4v) is 9.26. The summed E-state index contributed by atoms with van der Waals surface area (Å²) in [5.74, 6) is -5.29. The van der Waals surface area contributed by atoms with E-state index in [0.29, 0.717) is 82.7 Å². The number of nitrogens with zero attached hydrogens (tertiary/aromatic N) is 5. The molecule has 278 valence electrons. The van der Waals surface area contributed by atoms with Gasteiger partial charge in [0.05, 0.1) is 24.0 Å². The molecule has 2 aliphatic carbocycles. The number of likely N-dealkylation sites (tertiary alicyclic amines) is 1. The molecule has 11 nitrogen and oxygen atoms in total. The summed E-state index contributed by atoms with van der Waals surface area (Å²) < 4.78 is 81.0. The van der Waals surface area contributed by atoms with Crippen LogP contribution in [0.15, 0.2) is 18.5 Å². The number of aliphatic carboxylic acids is 1. The van der Waals surface area contributed by atoms with Crippen LogP contribution in [0.1, 0.15) is 86.8 Å². The lowest BCUT2D eigenvalue weighted by molar-refractivity contribution is -0.149. The molecule has 2 aromatic heterocycles. The largest absolute Gasteiger partial charge is 0.479 e. The van der Waals surface area contributed by atoms with Gasteiger partial charge in [-0.3, -0.25) is 9.69 Å². The maximum absolute atomic E-state index is 15.3. The van der Waals surface area contributed by atoms with E-state index in [1.54, 1.807) is 11.1 Å². The second-order valence-electron chi connectivity index (χ2n) is 15.4. The minimum Gasteiger partial charge on any atom is -0.479 e. The summed E-state index contributed by atoms with van der Waals surface area (Å²) in [4.78, 5) is 42.6. The van der Waals surface area contributed by atoms with Crippen molar-refractivity contribution in [1.82, 2.24) is 25.2 Å². The highest BCUT2D eigenvalue weighted by molar-refractivity contribution is 5.99. The molecule has 2 saturated carbocycles. The van der Waals surface area contributed by atoms with Crippen molar-refractivity contribution in [3.63, 3.8) is 0 Å². The second kappa shape index (κ2) is 13.1. The lowest BCUT2D eigenvalue weighted by Crippen LogP contribution is -2.57. The summed E-state index contributed by atoms with van der Waals surface area (Å²) in [6, 6.07) is 1.81. The number of hydrogen-bond acceptors (Lipinski definition) is 9. The Morgan fingerprint density at radius 1 is 1.08 bits per heavy atom. The molecule has 2 saturated heterocycles. The quantitative estimate of drug-likeness (QED) is 0.333. The van der Waals surface area contributed by atoms with Crippen LogP contribution in [0.4, 0.5) is 33.6 Å². The van der Waals surface area contributed by atoms with Gasteiger partial charge in [0.1, 0.15) is 17.3 Å². The third kappa shape index (κ3) is 6.97. The van der Waals surface area contributed by atoms with Crippen molar-refractivity contribution in [3.05, 3.63) is 35.3 Å². The van der Waals surface area contributed by atoms with E-state index < -0.39 is 52.7 Å². The van der Waals surface area contributed by atoms with Crippen molar-refractivity contribution in [2.45, 2.75) is 94.4 Å². The molecule has 4 unspecified atom stereocenters. The Kier molecular flexibility index (Phi) is 9.16. The Morgan fingerprint density at radius 3 is 2.47 bits per heavy atom. The molecule has 0 radical (unpaired) electrons. The Morgan fingerprint density at radius 2 is 1.80 bits per heavy atom. The molecule has 4 fully saturated rings. The monoisotopic (exact) mass is 722 g/mol. The van der Waals surface area contributed by atoms with E-state index in [1.165, 1.54) is 4.90 Å². The van der Waals surface area contributed by atoms with Crippen LogP contribution in [0.2, 0.25) is 0 Å². The van der Waals surface area contributed by atoms with Gasteiger partial charge in [-0.1, -0.05) is 6.92 Å². The van der Waals surface area contributed by atoms with Crippen molar-refractivity contribution in [3.8, 4) is 5.88 Å². The van der Waals surface area contributed by atoms with Gasteiger partial charge in [0.25, 0.3) is 11.8 Å². The van der Waals surface area contributed by atoms with Gasteiger partial charge < -0.3 is 24.8 Å². The Hall–Kier alpha value is -3.66. The van der Waals surface area contributed by atoms with Crippen LogP contribution in [-0.4, -0.2) is 94.0 Å². The van der Waals surface area contributed by atoms with E-state index in [-0.39, 0.29) is 43.4 Å². The maximum atomic E-state index is 15.3. The van der Waals surface area contributed by atoms with E-state index in [9.17, 15) is 27.9 Å². The fraction of sp³-hybridized carbons (Fsp3) is 0.686. The predicted octanol–water partition coefficient (Wildman–Crippen LogP) is 5.60. The number of pyridine rings is 1. The lowest BCUT2D eigenvalue weighted by atomic mass is 9.76. The zero-order valence-corrected chi connectivity index (χ0v) is 28.6. The number of halogens is 5. The van der Waals surface area contributed by atoms with Crippen molar-refractivity contribution < 1.29 is 46.1 Å². The first kappa shape index (κ1) is 35.7. The van der Waals surface area contributed by atoms with Crippen LogP contribution >= 0.6 is 0 Å². The normalized spacial score (nSPS) is 28.1. The summed E-state index contributed by atoms with van der Waals surface area (Å²) in [5.41, 5.74) is -1.87. The van der Waals surface area contributed by atoms with Gasteiger partial charge in [-0.15, -0.1) is 0 Å². The molecule has 51 heavy (non-hydrogen) atoms. The molecule has 0 aromatic carbocycles. The van der Waals surface area contributed by atoms with E-state index in [1.807, 2.05) is 6.07 Å². The van der Waals surface area contributed by atoms with Crippen LogP contribution in [0, 0.1) is 17.8 Å². The summed E-state index contributed by atoms with van der Waals surface area (Å²) in [6.45, 7) is 3.50. The van der Waals surface area contributed by atoms with Crippen molar-refractivity contribution in [1.29, 1.82) is 0 Å². The highest BCUT2D eigenvalue weighted by atomic mass is 19.4. The highest BCUT2D eigenvalue weighted by Crippen LogP contribution is 2.52. The third-order valence-electron chi connectivity index (χ3n) is 11.6. The van der Waals surface area contributed by atoms with Crippen LogP contribution in [0.3, 0.4) is 0 Å². The zero-order valence-electron chi connectivity index (χ0n) is 28.6. The number of piperidine rings is 1. The molecular weight excluding hydrogens is 679 g/mol. The number of amides is 1. The average molecular weight is 723 g/mol. The van der Waals surface area contributed by atoms with Crippen molar-refractivity contribution >= 4 is 23.5 Å². The Balaban J connectivity index is 1.15. The number of carbonyl (C=O) groups is 2. The van der Waals surface area contributed by atoms with Crippen LogP contribution in [0.25, 0.3) is 0 Å². The van der Waals surface area contributed by atoms with Crippen molar-refractivity contribution in [2.24, 2.45) is 17.8 Å². The number of fused-ring (bicyclic) bond motifs is 4. The molecular formula is C35H43F5N6O5. The molecule has 5 aliphatic rings. The smallest absolute Gasteiger partial charge is 0.401 e. The topological polar surface area (TPSA) is 130 Å². The van der Waals surface area contributed by atoms with Gasteiger partial charge in [0.15, 0.2) is 0 Å². The van der Waals surface area contributed by atoms with Crippen LogP contribution in [0.5, 0.6) is 5.88 Å². The molecule has 3 aliphatic heterocycles. The molecule has 7 rings (SSSR count). The molecule has 4 atom stereocenters. The number of carbonyl (C=O) groups excluding carboxylic acids is 1. The number of nitrogens with one attached hydrogen (secondary N) is 1. The molecule has 2 bridgehead atoms. The number of aromatic nitrogens is 3. The zero-order chi connectivity index (χ0) is 36.3. The number of carboxylic acid groups (broad SMARTS) is 1. The Labute approximate surface area is 292 Å². The summed E-state index contributed by atoms with van der Waals surface area (Å²) in [5, 5.41) is 13.0. The summed E-state index contributed by atoms with van der Waals surface area (Å²) in [7, 11) is 0. The molecule has 2 aromatic rings. The minimum absolute atomic E-state index is 0.0568. The number of carboxylic acids is 1. The standard InChI is InChI=1S/C35H43F5N6O5/c1-20-11-21-13-22(12-20)34(15-21,30(48)49)44-29(47)24-16-42-31(43-28(24)32(2,36)37)46-18-33(5-9-50-10-6-33)25-14-27(41-17-26(25)46)51-23-3-7-45(8-4-23)19-35(38,39)40/h14,16-17,20-23H,3-13,15,18-19H2,1-2H3,(H,44,47)(H,48,49). The molecule has 5 heterocycles. The first-order valence-corrected chi connectivity index (χ1v) is 17.7. The van der Waals surface area contributed by atoms with Crippen LogP contribution in [-0.2, 0) is 20.9 Å². The maximum Gasteiger partial charge on any atom is 0.401 e. The van der Waals surface area contributed by atoms with E-state index in [0.717, 1.165) is 18.2 Å². The number of anilines is 2. The first-order chi connectivity index (χ1) is 24.1. The number of ether oxygens (including phenoxy) is 2. The van der Waals surface area contributed by atoms with Gasteiger partial charge in [0.2, 0.25) is 11.8 Å². The second-order valence-corrected chi connectivity index (χ2v) is 15.4. The number of rotatable bonds is 8. The lowest BCUT2D eigenvalue weighted by Gasteiger charge is -2.34. The number of alkyl halides is 5. The van der Waals surface area contributed by atoms with Crippen molar-refractivity contribution in [2.75, 3.05) is 44.3 Å². The number of hydrogen-bond donors (Lipinski definition) is 2. The van der Waals surface area contributed by atoms with Gasteiger partial charge in [0, 0.05) is 57.4 Å². The summed E-state index contributed by atoms with van der Waals surface area (Å²) in [6.07, 6.45) is 2.48. The van der Waals surface area contributed by atoms with Gasteiger partial charge in [-0.25, -0.2) is 19.7 Å². The SMILES string of the molecule is CC1CC2CC(C1)C(NC(=O)c1cnc(N3CC4(CCOCC4)c4cc(OC5CCN(CC(F)(F)F)CC5)ncc43)nc1C(C)(F)F)(C(=O)O)C2. The summed E-state index contributed by atoms with van der Waals surface area (Å²) >= 11 is 0. The molecule has 2 N–H and O–H groups in total. The molecule has 1 amide bonds. The Bertz CT molecular complexity index is 1660. The first-order valence-electron chi connectivity index (χ1n) is 17.7. The van der Waals surface area contributed by atoms with Gasteiger partial charge in [-0.05, 0) is 74.7 Å². The molecule has 1 spiro atoms. The van der Waals surface area contributed by atoms with Gasteiger partial charge in [-0.2, -0.15) is 22.0 Å². The highest BCUT2D eigenvalue weighted by Gasteiger charge is 2.56. The van der Waals surface area contributed by atoms with E-state index in [4.69, 9.17) is 9.47 Å². The molecule has 16 heteroatoms. The van der Waals surface area contributed by atoms with E-state index >= 15 is 8.78 Å². The predicted molar refractivity (Wildman–Crippen MR) is 173 cm³/mol. The minimum atomic E-state index is -4.26. The third-order valence-corrected chi connectivity index (χ3v) is 11.6. The fourth-order valence-electron chi connectivity index (χ4n) is 9.26.